The lowest BCUT2D eigenvalue weighted by atomic mass is 9.85. The van der Waals surface area contributed by atoms with Crippen LogP contribution < -0.4 is 0 Å². The Morgan fingerprint density at radius 1 is 0.833 bits per heavy atom. The molecule has 0 saturated carbocycles. The Kier molecular flexibility index (Phi) is 8.88. The number of piperidine rings is 1. The number of pyridine rings is 1. The smallest absolute Gasteiger partial charge is 0.169 e. The van der Waals surface area contributed by atoms with Gasteiger partial charge in [-0.25, -0.2) is 9.60 Å². The molecule has 2 aromatic heterocycles. The zero-order valence-corrected chi connectivity index (χ0v) is 27.1. The first-order valence-electron chi connectivity index (χ1n) is 15.6. The number of quaternary nitrogens is 1. The van der Waals surface area contributed by atoms with E-state index in [9.17, 15) is 9.60 Å². The molecule has 3 heterocycles. The second-order valence-electron chi connectivity index (χ2n) is 13.2. The minimum atomic E-state index is -2.18. The first-order chi connectivity index (χ1) is 20.1. The van der Waals surface area contributed by atoms with Crippen molar-refractivity contribution in [1.29, 1.82) is 0 Å². The van der Waals surface area contributed by atoms with Crippen LogP contribution in [0.1, 0.15) is 71.4 Å². The second-order valence-corrected chi connectivity index (χ2v) is 19.0. The maximum absolute atomic E-state index is 14.2. The monoisotopic (exact) mass is 584 g/mol. The van der Waals surface area contributed by atoms with Gasteiger partial charge in [-0.1, -0.05) is 71.9 Å². The van der Waals surface area contributed by atoms with Crippen molar-refractivity contribution in [1.82, 2.24) is 9.22 Å². The van der Waals surface area contributed by atoms with Crippen LogP contribution in [-0.2, 0) is 6.54 Å². The average Bonchev–Trinajstić information content (AvgIpc) is 3.35. The van der Waals surface area contributed by atoms with Crippen LogP contribution >= 0.6 is 0 Å². The molecule has 222 valence electrons. The Morgan fingerprint density at radius 3 is 1.95 bits per heavy atom. The van der Waals surface area contributed by atoms with Crippen LogP contribution in [0.15, 0.2) is 85.3 Å². The molecule has 0 aliphatic carbocycles. The Morgan fingerprint density at radius 2 is 1.40 bits per heavy atom. The predicted octanol–water partition coefficient (Wildman–Crippen LogP) is 9.66. The van der Waals surface area contributed by atoms with Crippen molar-refractivity contribution >= 4 is 8.24 Å². The van der Waals surface area contributed by atoms with E-state index in [0.29, 0.717) is 42.2 Å². The molecule has 0 amide bonds. The van der Waals surface area contributed by atoms with Gasteiger partial charge in [0.05, 0.1) is 0 Å². The van der Waals surface area contributed by atoms with Crippen LogP contribution in [0.25, 0.3) is 22.4 Å². The second kappa shape index (κ2) is 12.3. The SMILES string of the molecule is CC(C)[Si](C(C)C)(C(C)C)n1cc(C2CC[N+](O)(Cc3ccccc3)CC2)c(-c2ccncc2)c1-c1ccc(F)cc1. The van der Waals surface area contributed by atoms with Crippen LogP contribution in [0.3, 0.4) is 0 Å². The summed E-state index contributed by atoms with van der Waals surface area (Å²) < 4.78 is 17.0. The maximum Gasteiger partial charge on any atom is 0.169 e. The molecular weight excluding hydrogens is 538 g/mol. The quantitative estimate of drug-likeness (QED) is 0.157. The summed E-state index contributed by atoms with van der Waals surface area (Å²) in [6.07, 6.45) is 8.06. The number of rotatable bonds is 9. The number of nitrogens with zero attached hydrogens (tertiary/aromatic N) is 3. The normalized spacial score (nSPS) is 19.6. The Hall–Kier alpha value is -3.06. The fourth-order valence-electron chi connectivity index (χ4n) is 8.13. The number of hydroxylamine groups is 3. The van der Waals surface area contributed by atoms with Crippen molar-refractivity contribution in [3.8, 4) is 22.4 Å². The lowest BCUT2D eigenvalue weighted by Crippen LogP contribution is -2.52. The highest BCUT2D eigenvalue weighted by molar-refractivity contribution is 6.82. The third-order valence-electron chi connectivity index (χ3n) is 9.86. The van der Waals surface area contributed by atoms with Crippen molar-refractivity contribution in [2.45, 2.75) is 83.5 Å². The molecule has 1 N–H and O–H groups in total. The largest absolute Gasteiger partial charge is 0.372 e. The molecule has 0 bridgehead atoms. The fraction of sp³-hybridized carbons (Fsp3) is 0.417. The predicted molar refractivity (Wildman–Crippen MR) is 173 cm³/mol. The van der Waals surface area contributed by atoms with Gasteiger partial charge in [-0.05, 0) is 81.8 Å². The van der Waals surface area contributed by atoms with Gasteiger partial charge in [0.25, 0.3) is 0 Å². The molecule has 4 nitrogen and oxygen atoms in total. The molecule has 4 aromatic rings. The van der Waals surface area contributed by atoms with Gasteiger partial charge in [-0.2, -0.15) is 4.65 Å². The molecule has 0 radical (unpaired) electrons. The van der Waals surface area contributed by atoms with Gasteiger partial charge in [-0.15, -0.1) is 0 Å². The third kappa shape index (κ3) is 5.64. The van der Waals surface area contributed by atoms with Crippen LogP contribution in [-0.4, -0.2) is 40.4 Å². The number of hydrogen-bond acceptors (Lipinski definition) is 2. The molecule has 1 aliphatic heterocycles. The van der Waals surface area contributed by atoms with Gasteiger partial charge in [-0.3, -0.25) is 4.98 Å². The van der Waals surface area contributed by atoms with E-state index in [1.165, 1.54) is 22.4 Å². The van der Waals surface area contributed by atoms with Crippen LogP contribution in [0.5, 0.6) is 0 Å². The van der Waals surface area contributed by atoms with Crippen molar-refractivity contribution in [3.63, 3.8) is 0 Å². The van der Waals surface area contributed by atoms with E-state index in [0.717, 1.165) is 24.0 Å². The molecule has 5 rings (SSSR count). The summed E-state index contributed by atoms with van der Waals surface area (Å²) in [5.41, 5.74) is 8.68. The minimum Gasteiger partial charge on any atom is -0.372 e. The van der Waals surface area contributed by atoms with Crippen LogP contribution in [0, 0.1) is 5.82 Å². The minimum absolute atomic E-state index is 0.0826. The van der Waals surface area contributed by atoms with Crippen LogP contribution in [0.4, 0.5) is 4.39 Å². The summed E-state index contributed by atoms with van der Waals surface area (Å²) in [6, 6.07) is 21.6. The highest BCUT2D eigenvalue weighted by atomic mass is 28.3. The number of likely N-dealkylation sites (tertiary alicyclic amines) is 1. The van der Waals surface area contributed by atoms with Crippen molar-refractivity contribution < 1.29 is 14.2 Å². The van der Waals surface area contributed by atoms with Gasteiger partial charge in [0, 0.05) is 42.1 Å². The molecule has 1 saturated heterocycles. The molecule has 0 unspecified atom stereocenters. The number of benzene rings is 2. The molecule has 0 spiro atoms. The molecule has 6 heteroatoms. The average molecular weight is 585 g/mol. The van der Waals surface area contributed by atoms with Crippen LogP contribution in [0.2, 0.25) is 16.6 Å². The summed E-state index contributed by atoms with van der Waals surface area (Å²) >= 11 is 0. The van der Waals surface area contributed by atoms with E-state index >= 15 is 0 Å². The Labute approximate surface area is 252 Å². The first-order valence-corrected chi connectivity index (χ1v) is 17.8. The lowest BCUT2D eigenvalue weighted by molar-refractivity contribution is -1.12. The van der Waals surface area contributed by atoms with Crippen molar-refractivity contribution in [2.75, 3.05) is 13.1 Å². The number of aromatic nitrogens is 2. The van der Waals surface area contributed by atoms with Gasteiger partial charge < -0.3 is 4.23 Å². The van der Waals surface area contributed by atoms with E-state index in [4.69, 9.17) is 0 Å². The molecule has 1 fully saturated rings. The van der Waals surface area contributed by atoms with Gasteiger partial charge >= 0.3 is 0 Å². The van der Waals surface area contributed by atoms with Gasteiger partial charge in [0.1, 0.15) is 25.5 Å². The topological polar surface area (TPSA) is 38.0 Å². The van der Waals surface area contributed by atoms with E-state index in [2.05, 4.69) is 81.2 Å². The zero-order valence-electron chi connectivity index (χ0n) is 26.1. The standard InChI is InChI=1S/C36H47FN3OSi/c1-26(2)42(27(3)4,28(5)6)39-24-34(30-18-22-40(41,23-19-30)25-29-10-8-7-9-11-29)35(31-16-20-38-21-17-31)36(39)32-12-14-33(37)15-13-32/h7-17,20-21,24,26-28,30,41H,18-19,22-23,25H2,1-6H3/q+1. The summed E-state index contributed by atoms with van der Waals surface area (Å²) in [5.74, 6) is 0.103. The van der Waals surface area contributed by atoms with E-state index in [1.54, 1.807) is 12.1 Å². The zero-order chi connectivity index (χ0) is 30.1. The van der Waals surface area contributed by atoms with Gasteiger partial charge in [0.15, 0.2) is 8.24 Å². The van der Waals surface area contributed by atoms with Crippen molar-refractivity contribution in [2.24, 2.45) is 0 Å². The lowest BCUT2D eigenvalue weighted by Gasteiger charge is -2.45. The molecule has 1 aliphatic rings. The Balaban J connectivity index is 1.69. The fourth-order valence-corrected chi connectivity index (χ4v) is 14.8. The van der Waals surface area contributed by atoms with Gasteiger partial charge in [0.2, 0.25) is 0 Å². The number of hydrogen-bond donors (Lipinski definition) is 1. The first kappa shape index (κ1) is 30.4. The summed E-state index contributed by atoms with van der Waals surface area (Å²) in [4.78, 5) is 4.34. The van der Waals surface area contributed by atoms with Crippen molar-refractivity contribution in [3.05, 3.63) is 102 Å². The molecule has 2 aromatic carbocycles. The maximum atomic E-state index is 14.2. The highest BCUT2D eigenvalue weighted by Crippen LogP contribution is 2.50. The molecule has 42 heavy (non-hydrogen) atoms. The molecule has 0 atom stereocenters. The van der Waals surface area contributed by atoms with E-state index in [-0.39, 0.29) is 10.5 Å². The summed E-state index contributed by atoms with van der Waals surface area (Å²) in [5, 5.41) is 11.6. The van der Waals surface area contributed by atoms with E-state index in [1.807, 2.05) is 42.7 Å². The van der Waals surface area contributed by atoms with E-state index < -0.39 is 8.24 Å². The summed E-state index contributed by atoms with van der Waals surface area (Å²) in [6.45, 7) is 16.4. The third-order valence-corrected chi connectivity index (χ3v) is 16.6. The Bertz CT molecular complexity index is 1440. The summed E-state index contributed by atoms with van der Waals surface area (Å²) in [7, 11) is -2.18. The molecular formula is C36H47FN3OSi+. The number of halogens is 1. The highest BCUT2D eigenvalue weighted by Gasteiger charge is 2.48.